The van der Waals surface area contributed by atoms with Crippen LogP contribution in [0.2, 0.25) is 0 Å². The fraction of sp³-hybridized carbons (Fsp3) is 0.105. The van der Waals surface area contributed by atoms with Crippen molar-refractivity contribution in [3.63, 3.8) is 0 Å². The van der Waals surface area contributed by atoms with Gasteiger partial charge in [0.05, 0.1) is 17.1 Å². The summed E-state index contributed by atoms with van der Waals surface area (Å²) in [5.41, 5.74) is 0.951. The lowest BCUT2D eigenvalue weighted by atomic mass is 10.2. The van der Waals surface area contributed by atoms with Gasteiger partial charge in [-0.1, -0.05) is 30.3 Å². The number of anilines is 1. The van der Waals surface area contributed by atoms with Crippen LogP contribution in [-0.2, 0) is 4.79 Å². The van der Waals surface area contributed by atoms with Gasteiger partial charge in [-0.3, -0.25) is 9.59 Å². The van der Waals surface area contributed by atoms with E-state index in [9.17, 15) is 14.9 Å². The highest BCUT2D eigenvalue weighted by molar-refractivity contribution is 8.16. The monoisotopic (exact) mass is 384 g/mol. The second-order valence-electron chi connectivity index (χ2n) is 5.05. The Morgan fingerprint density at radius 3 is 2.38 bits per heavy atom. The molecule has 0 saturated carbocycles. The highest BCUT2D eigenvalue weighted by atomic mass is 32.2. The van der Waals surface area contributed by atoms with E-state index in [-0.39, 0.29) is 21.3 Å². The molecule has 0 heterocycles. The Hall–Kier alpha value is -2.69. The number of Topliss-reactive ketones (excluding diaryl/α,β-unsaturated/α-hetero) is 1. The first-order valence-electron chi connectivity index (χ1n) is 7.55. The molecular weight excluding hydrogens is 368 g/mol. The van der Waals surface area contributed by atoms with Crippen LogP contribution in [0.4, 0.5) is 5.69 Å². The number of thiol groups is 1. The normalized spacial score (nSPS) is 11.1. The van der Waals surface area contributed by atoms with Crippen molar-refractivity contribution in [2.75, 3.05) is 18.2 Å². The highest BCUT2D eigenvalue weighted by Gasteiger charge is 2.16. The summed E-state index contributed by atoms with van der Waals surface area (Å²) in [6.45, 7) is 0. The molecule has 0 bridgehead atoms. The van der Waals surface area contributed by atoms with Crippen molar-refractivity contribution in [3.05, 3.63) is 70.0 Å². The third-order valence-corrected chi connectivity index (χ3v) is 4.83. The molecule has 0 aliphatic heterocycles. The predicted molar refractivity (Wildman–Crippen MR) is 106 cm³/mol. The SMILES string of the molecule is COc1ccc(NC(=O)/C(C#N)=C(\S)SCC(=O)c2ccccc2)cc1. The standard InChI is InChI=1S/C19H16N2O3S2/c1-24-15-9-7-14(8-10-15)21-18(23)16(11-20)19(25)26-12-17(22)13-5-3-2-4-6-13/h2-10,25H,12H2,1H3,(H,21,23)/b19-16+. The number of ketones is 1. The Bertz CT molecular complexity index is 857. The smallest absolute Gasteiger partial charge is 0.268 e. The van der Waals surface area contributed by atoms with E-state index < -0.39 is 5.91 Å². The molecule has 0 radical (unpaired) electrons. The second-order valence-corrected chi connectivity index (χ2v) is 6.79. The van der Waals surface area contributed by atoms with Gasteiger partial charge in [0, 0.05) is 11.3 Å². The van der Waals surface area contributed by atoms with Gasteiger partial charge in [-0.05, 0) is 24.3 Å². The van der Waals surface area contributed by atoms with Crippen LogP contribution in [0.5, 0.6) is 5.75 Å². The van der Waals surface area contributed by atoms with Crippen molar-refractivity contribution < 1.29 is 14.3 Å². The first-order valence-corrected chi connectivity index (χ1v) is 8.98. The molecule has 2 aromatic carbocycles. The number of nitrogens with zero attached hydrogens (tertiary/aromatic N) is 1. The minimum Gasteiger partial charge on any atom is -0.497 e. The molecule has 1 amide bonds. The van der Waals surface area contributed by atoms with Gasteiger partial charge < -0.3 is 10.1 Å². The molecule has 0 saturated heterocycles. The average molecular weight is 384 g/mol. The van der Waals surface area contributed by atoms with Crippen LogP contribution in [0, 0.1) is 11.3 Å². The van der Waals surface area contributed by atoms with Gasteiger partial charge in [0.25, 0.3) is 5.91 Å². The topological polar surface area (TPSA) is 79.2 Å². The zero-order valence-corrected chi connectivity index (χ0v) is 15.6. The number of carbonyl (C=O) groups is 2. The number of thioether (sulfide) groups is 1. The van der Waals surface area contributed by atoms with Gasteiger partial charge in [-0.2, -0.15) is 5.26 Å². The zero-order valence-electron chi connectivity index (χ0n) is 13.9. The first kappa shape index (κ1) is 19.6. The number of hydrogen-bond donors (Lipinski definition) is 2. The number of nitrogens with one attached hydrogen (secondary N) is 1. The number of amides is 1. The van der Waals surface area contributed by atoms with Gasteiger partial charge in [0.2, 0.25) is 0 Å². The first-order chi connectivity index (χ1) is 12.5. The Morgan fingerprint density at radius 2 is 1.81 bits per heavy atom. The fourth-order valence-electron chi connectivity index (χ4n) is 1.98. The number of rotatable bonds is 7. The lowest BCUT2D eigenvalue weighted by molar-refractivity contribution is -0.112. The van der Waals surface area contributed by atoms with Crippen LogP contribution >= 0.6 is 24.4 Å². The lowest BCUT2D eigenvalue weighted by Gasteiger charge is -2.07. The summed E-state index contributed by atoms with van der Waals surface area (Å²) in [5, 5.41) is 11.9. The van der Waals surface area contributed by atoms with Crippen LogP contribution in [0.15, 0.2) is 64.4 Å². The molecule has 1 N–H and O–H groups in total. The van der Waals surface area contributed by atoms with E-state index in [1.54, 1.807) is 55.6 Å². The molecule has 0 aromatic heterocycles. The summed E-state index contributed by atoms with van der Waals surface area (Å²) < 4.78 is 5.25. The summed E-state index contributed by atoms with van der Waals surface area (Å²) in [4.78, 5) is 24.4. The van der Waals surface area contributed by atoms with Crippen LogP contribution in [0.25, 0.3) is 0 Å². The maximum absolute atomic E-state index is 12.3. The zero-order chi connectivity index (χ0) is 18.9. The third-order valence-electron chi connectivity index (χ3n) is 3.34. The fourth-order valence-corrected chi connectivity index (χ4v) is 3.04. The van der Waals surface area contributed by atoms with E-state index >= 15 is 0 Å². The molecule has 2 rings (SSSR count). The molecule has 0 fully saturated rings. The molecule has 0 atom stereocenters. The number of benzene rings is 2. The number of carbonyl (C=O) groups excluding carboxylic acids is 2. The number of methoxy groups -OCH3 is 1. The quantitative estimate of drug-likeness (QED) is 0.327. The minimum atomic E-state index is -0.581. The van der Waals surface area contributed by atoms with Crippen molar-refractivity contribution in [3.8, 4) is 11.8 Å². The molecule has 132 valence electrons. The molecule has 5 nitrogen and oxygen atoms in total. The van der Waals surface area contributed by atoms with Crippen molar-refractivity contribution in [1.82, 2.24) is 0 Å². The lowest BCUT2D eigenvalue weighted by Crippen LogP contribution is -2.14. The Balaban J connectivity index is 2.03. The third kappa shape index (κ3) is 5.41. The summed E-state index contributed by atoms with van der Waals surface area (Å²) >= 11 is 5.26. The Labute approximate surface area is 161 Å². The van der Waals surface area contributed by atoms with E-state index in [1.807, 2.05) is 12.1 Å². The van der Waals surface area contributed by atoms with Crippen LogP contribution in [-0.4, -0.2) is 24.6 Å². The molecule has 0 aliphatic rings. The molecule has 26 heavy (non-hydrogen) atoms. The highest BCUT2D eigenvalue weighted by Crippen LogP contribution is 2.25. The summed E-state index contributed by atoms with van der Waals surface area (Å²) in [7, 11) is 1.55. The minimum absolute atomic E-state index is 0.0871. The van der Waals surface area contributed by atoms with E-state index in [0.29, 0.717) is 17.0 Å². The number of hydrogen-bond acceptors (Lipinski definition) is 6. The van der Waals surface area contributed by atoms with Gasteiger partial charge in [0.1, 0.15) is 17.4 Å². The number of ether oxygens (including phenoxy) is 1. The maximum Gasteiger partial charge on any atom is 0.268 e. The van der Waals surface area contributed by atoms with Crippen molar-refractivity contribution in [1.29, 1.82) is 5.26 Å². The summed E-state index contributed by atoms with van der Waals surface area (Å²) in [5.74, 6) is 0.0605. The molecule has 0 aliphatic carbocycles. The Kier molecular flexibility index (Phi) is 7.33. The van der Waals surface area contributed by atoms with Crippen molar-refractivity contribution >= 4 is 41.8 Å². The maximum atomic E-state index is 12.3. The van der Waals surface area contributed by atoms with E-state index in [4.69, 9.17) is 4.74 Å². The average Bonchev–Trinajstić information content (AvgIpc) is 2.68. The molecule has 0 unspecified atom stereocenters. The van der Waals surface area contributed by atoms with E-state index in [0.717, 1.165) is 11.8 Å². The largest absolute Gasteiger partial charge is 0.497 e. The molecule has 2 aromatic rings. The van der Waals surface area contributed by atoms with Crippen LogP contribution in [0.1, 0.15) is 10.4 Å². The van der Waals surface area contributed by atoms with Gasteiger partial charge in [-0.15, -0.1) is 24.4 Å². The molecular formula is C19H16N2O3S2. The van der Waals surface area contributed by atoms with Gasteiger partial charge in [-0.25, -0.2) is 0 Å². The van der Waals surface area contributed by atoms with Crippen LogP contribution < -0.4 is 10.1 Å². The summed E-state index contributed by atoms with van der Waals surface area (Å²) in [6, 6.07) is 17.4. The second kappa shape index (κ2) is 9.70. The summed E-state index contributed by atoms with van der Waals surface area (Å²) in [6.07, 6.45) is 0. The molecule has 7 heteroatoms. The van der Waals surface area contributed by atoms with Crippen molar-refractivity contribution in [2.24, 2.45) is 0 Å². The van der Waals surface area contributed by atoms with Crippen molar-refractivity contribution in [2.45, 2.75) is 0 Å². The Morgan fingerprint density at radius 1 is 1.15 bits per heavy atom. The van der Waals surface area contributed by atoms with E-state index in [2.05, 4.69) is 17.9 Å². The van der Waals surface area contributed by atoms with E-state index in [1.165, 1.54) is 0 Å². The van der Waals surface area contributed by atoms with Gasteiger partial charge >= 0.3 is 0 Å². The van der Waals surface area contributed by atoms with Gasteiger partial charge in [0.15, 0.2) is 5.78 Å². The predicted octanol–water partition coefficient (Wildman–Crippen LogP) is 3.91. The van der Waals surface area contributed by atoms with Crippen LogP contribution in [0.3, 0.4) is 0 Å². The number of nitriles is 1. The molecule has 0 spiro atoms.